The number of furan rings is 1. The molecule has 0 aliphatic heterocycles. The smallest absolute Gasteiger partial charge is 0.306 e. The maximum atomic E-state index is 13.5. The van der Waals surface area contributed by atoms with Gasteiger partial charge in [0.1, 0.15) is 11.6 Å². The van der Waals surface area contributed by atoms with Crippen molar-refractivity contribution < 1.29 is 23.1 Å². The Balaban J connectivity index is 1.74. The number of ether oxygens (including phenoxy) is 1. The molecule has 0 unspecified atom stereocenters. The van der Waals surface area contributed by atoms with Crippen LogP contribution in [0.15, 0.2) is 41.0 Å². The van der Waals surface area contributed by atoms with Gasteiger partial charge in [0, 0.05) is 11.4 Å². The Morgan fingerprint density at radius 2 is 2.14 bits per heavy atom. The monoisotopic (exact) mass is 325 g/mol. The standard InChI is InChI=1S/C15H13ClFNO4/c16-10-3-5-13(12(17)8-10)18-14(19)9-22-15(20)6-4-11-2-1-7-21-11/h1-3,5,7-8H,4,6,9H2,(H,18,19). The number of rotatable bonds is 6. The third-order valence-electron chi connectivity index (χ3n) is 2.73. The zero-order valence-electron chi connectivity index (χ0n) is 11.5. The largest absolute Gasteiger partial charge is 0.469 e. The lowest BCUT2D eigenvalue weighted by Gasteiger charge is -2.07. The molecule has 5 nitrogen and oxygen atoms in total. The van der Waals surface area contributed by atoms with Crippen molar-refractivity contribution >= 4 is 29.2 Å². The van der Waals surface area contributed by atoms with Crippen molar-refractivity contribution in [2.45, 2.75) is 12.8 Å². The Hall–Kier alpha value is -2.34. The van der Waals surface area contributed by atoms with E-state index in [1.54, 1.807) is 12.1 Å². The van der Waals surface area contributed by atoms with E-state index in [1.807, 2.05) is 0 Å². The van der Waals surface area contributed by atoms with Crippen LogP contribution in [0.4, 0.5) is 10.1 Å². The Labute approximate surface area is 131 Å². The topological polar surface area (TPSA) is 68.5 Å². The fraction of sp³-hybridized carbons (Fsp3) is 0.200. The number of carbonyl (C=O) groups is 2. The van der Waals surface area contributed by atoms with Gasteiger partial charge in [-0.05, 0) is 30.3 Å². The van der Waals surface area contributed by atoms with Crippen LogP contribution in [0.2, 0.25) is 5.02 Å². The predicted molar refractivity (Wildman–Crippen MR) is 78.0 cm³/mol. The van der Waals surface area contributed by atoms with Gasteiger partial charge < -0.3 is 14.5 Å². The van der Waals surface area contributed by atoms with E-state index in [9.17, 15) is 14.0 Å². The molecule has 116 valence electrons. The Morgan fingerprint density at radius 1 is 1.32 bits per heavy atom. The van der Waals surface area contributed by atoms with E-state index < -0.39 is 24.3 Å². The Bertz CT molecular complexity index is 658. The number of nitrogens with one attached hydrogen (secondary N) is 1. The number of anilines is 1. The highest BCUT2D eigenvalue weighted by Gasteiger charge is 2.11. The Morgan fingerprint density at radius 3 is 2.82 bits per heavy atom. The number of aryl methyl sites for hydroxylation is 1. The Kier molecular flexibility index (Phi) is 5.55. The number of hydrogen-bond acceptors (Lipinski definition) is 4. The first-order chi connectivity index (χ1) is 10.5. The summed E-state index contributed by atoms with van der Waals surface area (Å²) in [5.74, 6) is -1.18. The normalized spacial score (nSPS) is 10.3. The second-order valence-electron chi connectivity index (χ2n) is 4.41. The van der Waals surface area contributed by atoms with E-state index >= 15 is 0 Å². The van der Waals surface area contributed by atoms with E-state index in [4.69, 9.17) is 20.8 Å². The lowest BCUT2D eigenvalue weighted by Crippen LogP contribution is -2.21. The van der Waals surface area contributed by atoms with Crippen LogP contribution < -0.4 is 5.32 Å². The number of carbonyl (C=O) groups excluding carboxylic acids is 2. The molecule has 0 aliphatic carbocycles. The number of amides is 1. The molecule has 0 saturated heterocycles. The van der Waals surface area contributed by atoms with Crippen LogP contribution in [0.5, 0.6) is 0 Å². The minimum absolute atomic E-state index is 0.0268. The molecule has 0 saturated carbocycles. The predicted octanol–water partition coefficient (Wildman–Crippen LogP) is 3.19. The molecule has 22 heavy (non-hydrogen) atoms. The van der Waals surface area contributed by atoms with Gasteiger partial charge in [-0.2, -0.15) is 0 Å². The van der Waals surface area contributed by atoms with E-state index in [1.165, 1.54) is 18.4 Å². The maximum Gasteiger partial charge on any atom is 0.306 e. The molecule has 2 rings (SSSR count). The number of hydrogen-bond donors (Lipinski definition) is 1. The molecule has 7 heteroatoms. The molecule has 1 amide bonds. The quantitative estimate of drug-likeness (QED) is 0.828. The summed E-state index contributed by atoms with van der Waals surface area (Å²) in [7, 11) is 0. The molecule has 1 heterocycles. The van der Waals surface area contributed by atoms with Crippen molar-refractivity contribution in [2.24, 2.45) is 0 Å². The van der Waals surface area contributed by atoms with Crippen LogP contribution in [0, 0.1) is 5.82 Å². The molecule has 1 aromatic carbocycles. The van der Waals surface area contributed by atoms with Crippen molar-refractivity contribution in [1.82, 2.24) is 0 Å². The molecule has 0 spiro atoms. The summed E-state index contributed by atoms with van der Waals surface area (Å²) in [6.45, 7) is -0.487. The van der Waals surface area contributed by atoms with Gasteiger partial charge in [-0.1, -0.05) is 11.6 Å². The second-order valence-corrected chi connectivity index (χ2v) is 4.85. The van der Waals surface area contributed by atoms with Crippen molar-refractivity contribution in [2.75, 3.05) is 11.9 Å². The fourth-order valence-corrected chi connectivity index (χ4v) is 1.83. The maximum absolute atomic E-state index is 13.5. The third-order valence-corrected chi connectivity index (χ3v) is 2.96. The van der Waals surface area contributed by atoms with Crippen LogP contribution in [-0.4, -0.2) is 18.5 Å². The molecule has 0 atom stereocenters. The van der Waals surface area contributed by atoms with Crippen molar-refractivity contribution in [3.8, 4) is 0 Å². The number of benzene rings is 1. The van der Waals surface area contributed by atoms with Crippen LogP contribution in [0.25, 0.3) is 0 Å². The van der Waals surface area contributed by atoms with E-state index in [2.05, 4.69) is 5.32 Å². The highest BCUT2D eigenvalue weighted by atomic mass is 35.5. The number of esters is 1. The summed E-state index contributed by atoms with van der Waals surface area (Å²) < 4.78 is 23.3. The number of halogens is 2. The first kappa shape index (κ1) is 16.0. The zero-order valence-corrected chi connectivity index (χ0v) is 12.2. The van der Waals surface area contributed by atoms with Gasteiger partial charge >= 0.3 is 5.97 Å². The van der Waals surface area contributed by atoms with Crippen LogP contribution in [0.3, 0.4) is 0 Å². The molecule has 2 aromatic rings. The fourth-order valence-electron chi connectivity index (χ4n) is 1.68. The van der Waals surface area contributed by atoms with E-state index in [-0.39, 0.29) is 17.1 Å². The molecule has 1 N–H and O–H groups in total. The molecule has 0 radical (unpaired) electrons. The van der Waals surface area contributed by atoms with Gasteiger partial charge in [0.2, 0.25) is 0 Å². The zero-order chi connectivity index (χ0) is 15.9. The van der Waals surface area contributed by atoms with Gasteiger partial charge in [-0.15, -0.1) is 0 Å². The summed E-state index contributed by atoms with van der Waals surface area (Å²) in [6.07, 6.45) is 1.99. The third kappa shape index (κ3) is 4.89. The summed E-state index contributed by atoms with van der Waals surface area (Å²) in [6, 6.07) is 7.30. The van der Waals surface area contributed by atoms with Crippen molar-refractivity contribution in [1.29, 1.82) is 0 Å². The highest BCUT2D eigenvalue weighted by Crippen LogP contribution is 2.18. The lowest BCUT2D eigenvalue weighted by molar-refractivity contribution is -0.147. The van der Waals surface area contributed by atoms with E-state index in [0.717, 1.165) is 6.07 Å². The van der Waals surface area contributed by atoms with Gasteiger partial charge in [-0.25, -0.2) is 4.39 Å². The molecule has 0 bridgehead atoms. The second kappa shape index (κ2) is 7.61. The average molecular weight is 326 g/mol. The van der Waals surface area contributed by atoms with Crippen molar-refractivity contribution in [3.05, 3.63) is 53.2 Å². The first-order valence-electron chi connectivity index (χ1n) is 6.47. The van der Waals surface area contributed by atoms with Crippen molar-refractivity contribution in [3.63, 3.8) is 0 Å². The van der Waals surface area contributed by atoms with Gasteiger partial charge in [0.15, 0.2) is 6.61 Å². The van der Waals surface area contributed by atoms with Gasteiger partial charge in [0.05, 0.1) is 18.4 Å². The highest BCUT2D eigenvalue weighted by molar-refractivity contribution is 6.30. The summed E-state index contributed by atoms with van der Waals surface area (Å²) >= 11 is 5.60. The van der Waals surface area contributed by atoms with Crippen LogP contribution in [-0.2, 0) is 20.7 Å². The molecular formula is C15H13ClFNO4. The average Bonchev–Trinajstić information content (AvgIpc) is 2.99. The molecule has 1 aromatic heterocycles. The van der Waals surface area contributed by atoms with Gasteiger partial charge in [-0.3, -0.25) is 9.59 Å². The van der Waals surface area contributed by atoms with Crippen LogP contribution in [0.1, 0.15) is 12.2 Å². The SMILES string of the molecule is O=C(COC(=O)CCc1ccco1)Nc1ccc(Cl)cc1F. The summed E-state index contributed by atoms with van der Waals surface area (Å²) in [4.78, 5) is 23.1. The molecular weight excluding hydrogens is 313 g/mol. The van der Waals surface area contributed by atoms with E-state index in [0.29, 0.717) is 12.2 Å². The first-order valence-corrected chi connectivity index (χ1v) is 6.85. The van der Waals surface area contributed by atoms with Gasteiger partial charge in [0.25, 0.3) is 5.91 Å². The summed E-state index contributed by atoms with van der Waals surface area (Å²) in [5.41, 5.74) is -0.0268. The molecule has 0 fully saturated rings. The minimum atomic E-state index is -0.662. The minimum Gasteiger partial charge on any atom is -0.469 e. The lowest BCUT2D eigenvalue weighted by atomic mass is 10.2. The molecule has 0 aliphatic rings. The summed E-state index contributed by atoms with van der Waals surface area (Å²) in [5, 5.41) is 2.52. The van der Waals surface area contributed by atoms with Crippen LogP contribution >= 0.6 is 11.6 Å².